The molecular formula is C12H16ClN3O2. The second-order valence-corrected chi connectivity index (χ2v) is 4.86. The third kappa shape index (κ3) is 3.45. The molecule has 0 fully saturated rings. The molecule has 0 atom stereocenters. The molecule has 1 rings (SSSR count). The molecular weight excluding hydrogens is 254 g/mol. The monoisotopic (exact) mass is 269 g/mol. The second-order valence-electron chi connectivity index (χ2n) is 4.45. The van der Waals surface area contributed by atoms with Crippen molar-refractivity contribution in [3.8, 4) is 0 Å². The van der Waals surface area contributed by atoms with Gasteiger partial charge in [-0.15, -0.1) is 0 Å². The van der Waals surface area contributed by atoms with Crippen molar-refractivity contribution in [2.45, 2.75) is 19.4 Å². The first-order chi connectivity index (χ1) is 8.25. The fourth-order valence-electron chi connectivity index (χ4n) is 1.20. The first-order valence-electron chi connectivity index (χ1n) is 5.37. The summed E-state index contributed by atoms with van der Waals surface area (Å²) in [5.74, 6) is -0.657. The Morgan fingerprint density at radius 3 is 2.44 bits per heavy atom. The number of anilines is 1. The largest absolute Gasteiger partial charge is 0.355 e. The number of rotatable bonds is 3. The predicted octanol–water partition coefficient (Wildman–Crippen LogP) is 1.38. The van der Waals surface area contributed by atoms with Crippen molar-refractivity contribution < 1.29 is 9.59 Å². The second kappa shape index (κ2) is 5.37. The molecule has 0 radical (unpaired) electrons. The first-order valence-corrected chi connectivity index (χ1v) is 5.75. The lowest BCUT2D eigenvalue weighted by Gasteiger charge is -2.18. The fourth-order valence-corrected chi connectivity index (χ4v) is 1.41. The Hall–Kier alpha value is -1.59. The molecule has 18 heavy (non-hydrogen) atoms. The standard InChI is InChI=1S/C12H16ClN3O2/c1-12(2,14)11(18)16-7-4-5-9(13)8(6-7)10(17)15-3/h4-6H,14H2,1-3H3,(H,15,17)(H,16,18). The van der Waals surface area contributed by atoms with E-state index in [-0.39, 0.29) is 11.8 Å². The summed E-state index contributed by atoms with van der Waals surface area (Å²) >= 11 is 5.90. The Balaban J connectivity index is 2.99. The van der Waals surface area contributed by atoms with Crippen LogP contribution in [0.15, 0.2) is 18.2 Å². The van der Waals surface area contributed by atoms with Gasteiger partial charge < -0.3 is 16.4 Å². The van der Waals surface area contributed by atoms with Gasteiger partial charge in [0.25, 0.3) is 5.91 Å². The van der Waals surface area contributed by atoms with Crippen LogP contribution in [0.1, 0.15) is 24.2 Å². The van der Waals surface area contributed by atoms with Crippen LogP contribution in [0.25, 0.3) is 0 Å². The van der Waals surface area contributed by atoms with Gasteiger partial charge in [-0.1, -0.05) is 11.6 Å². The molecule has 5 nitrogen and oxygen atoms in total. The molecule has 0 aliphatic rings. The van der Waals surface area contributed by atoms with Crippen LogP contribution in [-0.4, -0.2) is 24.4 Å². The van der Waals surface area contributed by atoms with E-state index in [1.54, 1.807) is 26.0 Å². The van der Waals surface area contributed by atoms with E-state index in [1.807, 2.05) is 0 Å². The van der Waals surface area contributed by atoms with E-state index in [1.165, 1.54) is 13.1 Å². The van der Waals surface area contributed by atoms with Gasteiger partial charge in [0, 0.05) is 12.7 Å². The molecule has 0 aliphatic heterocycles. The number of nitrogens with two attached hydrogens (primary N) is 1. The lowest BCUT2D eigenvalue weighted by atomic mass is 10.1. The van der Waals surface area contributed by atoms with E-state index in [4.69, 9.17) is 17.3 Å². The maximum Gasteiger partial charge on any atom is 0.252 e. The Morgan fingerprint density at radius 2 is 1.94 bits per heavy atom. The van der Waals surface area contributed by atoms with Crippen molar-refractivity contribution >= 4 is 29.1 Å². The summed E-state index contributed by atoms with van der Waals surface area (Å²) in [6.45, 7) is 3.19. The molecule has 0 heterocycles. The van der Waals surface area contributed by atoms with Crippen LogP contribution < -0.4 is 16.4 Å². The van der Waals surface area contributed by atoms with Gasteiger partial charge in [-0.05, 0) is 32.0 Å². The minimum absolute atomic E-state index is 0.298. The SMILES string of the molecule is CNC(=O)c1cc(NC(=O)C(C)(C)N)ccc1Cl. The fraction of sp³-hybridized carbons (Fsp3) is 0.333. The molecule has 0 unspecified atom stereocenters. The molecule has 0 spiro atoms. The van der Waals surface area contributed by atoms with Crippen LogP contribution in [0.5, 0.6) is 0 Å². The molecule has 0 aromatic heterocycles. The van der Waals surface area contributed by atoms with Crippen LogP contribution in [0.3, 0.4) is 0 Å². The molecule has 1 aromatic carbocycles. The highest BCUT2D eigenvalue weighted by Gasteiger charge is 2.22. The molecule has 0 bridgehead atoms. The van der Waals surface area contributed by atoms with Gasteiger partial charge in [-0.25, -0.2) is 0 Å². The summed E-state index contributed by atoms with van der Waals surface area (Å²) in [5, 5.41) is 5.42. The maximum atomic E-state index is 11.7. The van der Waals surface area contributed by atoms with Gasteiger partial charge in [-0.2, -0.15) is 0 Å². The number of carbonyl (C=O) groups excluding carboxylic acids is 2. The molecule has 4 N–H and O–H groups in total. The van der Waals surface area contributed by atoms with Crippen molar-refractivity contribution in [1.29, 1.82) is 0 Å². The summed E-state index contributed by atoms with van der Waals surface area (Å²) in [4.78, 5) is 23.2. The topological polar surface area (TPSA) is 84.2 Å². The summed E-state index contributed by atoms with van der Waals surface area (Å²) in [5.41, 5.74) is 5.44. The van der Waals surface area contributed by atoms with Crippen molar-refractivity contribution in [2.24, 2.45) is 5.73 Å². The normalized spacial score (nSPS) is 10.9. The van der Waals surface area contributed by atoms with Gasteiger partial charge in [0.15, 0.2) is 0 Å². The van der Waals surface area contributed by atoms with Crippen LogP contribution >= 0.6 is 11.6 Å². The Bertz CT molecular complexity index is 481. The van der Waals surface area contributed by atoms with Crippen LogP contribution in [-0.2, 0) is 4.79 Å². The molecule has 0 aliphatic carbocycles. The van der Waals surface area contributed by atoms with Crippen LogP contribution in [0.4, 0.5) is 5.69 Å². The van der Waals surface area contributed by atoms with Crippen molar-refractivity contribution in [3.63, 3.8) is 0 Å². The molecule has 2 amide bonds. The van der Waals surface area contributed by atoms with Crippen molar-refractivity contribution in [2.75, 3.05) is 12.4 Å². The number of halogens is 1. The van der Waals surface area contributed by atoms with Crippen LogP contribution in [0.2, 0.25) is 5.02 Å². The summed E-state index contributed by atoms with van der Waals surface area (Å²) in [7, 11) is 1.51. The van der Waals surface area contributed by atoms with E-state index in [0.29, 0.717) is 16.3 Å². The Morgan fingerprint density at radius 1 is 1.33 bits per heavy atom. The lowest BCUT2D eigenvalue weighted by Crippen LogP contribution is -2.45. The number of amides is 2. The zero-order valence-electron chi connectivity index (χ0n) is 10.5. The van der Waals surface area contributed by atoms with E-state index in [0.717, 1.165) is 0 Å². The van der Waals surface area contributed by atoms with Crippen LogP contribution in [0, 0.1) is 0 Å². The average Bonchev–Trinajstić information content (AvgIpc) is 2.29. The highest BCUT2D eigenvalue weighted by molar-refractivity contribution is 6.34. The lowest BCUT2D eigenvalue weighted by molar-refractivity contribution is -0.120. The Labute approximate surface area is 111 Å². The minimum atomic E-state index is -0.993. The predicted molar refractivity (Wildman–Crippen MR) is 71.7 cm³/mol. The minimum Gasteiger partial charge on any atom is -0.355 e. The van der Waals surface area contributed by atoms with E-state index < -0.39 is 5.54 Å². The maximum absolute atomic E-state index is 11.7. The van der Waals surface area contributed by atoms with Crippen molar-refractivity contribution in [1.82, 2.24) is 5.32 Å². The summed E-state index contributed by atoms with van der Waals surface area (Å²) in [6.07, 6.45) is 0. The smallest absolute Gasteiger partial charge is 0.252 e. The molecule has 98 valence electrons. The third-order valence-corrected chi connectivity index (χ3v) is 2.61. The van der Waals surface area contributed by atoms with Gasteiger partial charge in [0.1, 0.15) is 0 Å². The molecule has 6 heteroatoms. The number of benzene rings is 1. The highest BCUT2D eigenvalue weighted by atomic mass is 35.5. The highest BCUT2D eigenvalue weighted by Crippen LogP contribution is 2.21. The molecule has 0 saturated carbocycles. The van der Waals surface area contributed by atoms with Gasteiger partial charge in [0.2, 0.25) is 5.91 Å². The number of hydrogen-bond donors (Lipinski definition) is 3. The van der Waals surface area contributed by atoms with Crippen molar-refractivity contribution in [3.05, 3.63) is 28.8 Å². The number of nitrogens with one attached hydrogen (secondary N) is 2. The molecule has 1 aromatic rings. The third-order valence-electron chi connectivity index (χ3n) is 2.28. The summed E-state index contributed by atoms with van der Waals surface area (Å²) < 4.78 is 0. The van der Waals surface area contributed by atoms with E-state index >= 15 is 0 Å². The number of carbonyl (C=O) groups is 2. The Kier molecular flexibility index (Phi) is 4.32. The van der Waals surface area contributed by atoms with Gasteiger partial charge in [0.05, 0.1) is 16.1 Å². The summed E-state index contributed by atoms with van der Waals surface area (Å²) in [6, 6.07) is 4.66. The first kappa shape index (κ1) is 14.5. The number of hydrogen-bond acceptors (Lipinski definition) is 3. The van der Waals surface area contributed by atoms with Gasteiger partial charge >= 0.3 is 0 Å². The van der Waals surface area contributed by atoms with E-state index in [9.17, 15) is 9.59 Å². The average molecular weight is 270 g/mol. The molecule has 0 saturated heterocycles. The zero-order chi connectivity index (χ0) is 13.9. The van der Waals surface area contributed by atoms with Gasteiger partial charge in [-0.3, -0.25) is 9.59 Å². The quantitative estimate of drug-likeness (QED) is 0.775. The zero-order valence-corrected chi connectivity index (χ0v) is 11.3. The van der Waals surface area contributed by atoms with E-state index in [2.05, 4.69) is 10.6 Å².